The Morgan fingerprint density at radius 2 is 2.00 bits per heavy atom. The van der Waals surface area contributed by atoms with Crippen molar-refractivity contribution in [2.45, 2.75) is 6.92 Å². The van der Waals surface area contributed by atoms with Crippen LogP contribution in [0.4, 0.5) is 0 Å². The van der Waals surface area contributed by atoms with Crippen molar-refractivity contribution in [3.63, 3.8) is 0 Å². The van der Waals surface area contributed by atoms with E-state index in [1.54, 1.807) is 0 Å². The summed E-state index contributed by atoms with van der Waals surface area (Å²) in [6, 6.07) is 5.64. The van der Waals surface area contributed by atoms with Crippen LogP contribution in [0.25, 0.3) is 0 Å². The second kappa shape index (κ2) is 4.32. The molecule has 1 rings (SSSR count). The van der Waals surface area contributed by atoms with Gasteiger partial charge in [-0.05, 0) is 53.1 Å². The molecule has 0 aromatic heterocycles. The molecule has 0 saturated heterocycles. The van der Waals surface area contributed by atoms with Gasteiger partial charge in [-0.1, -0.05) is 6.07 Å². The van der Waals surface area contributed by atoms with E-state index in [0.717, 1.165) is 21.0 Å². The summed E-state index contributed by atoms with van der Waals surface area (Å²) in [5.74, 6) is 2.65. The minimum atomic E-state index is -3.22. The molecule has 0 spiro atoms. The predicted octanol–water partition coefficient (Wildman–Crippen LogP) is 1.95. The zero-order valence-electron chi connectivity index (χ0n) is 7.83. The van der Waals surface area contributed by atoms with Crippen LogP contribution in [-0.2, 0) is 9.84 Å². The standard InChI is InChI=1S/C10H9IO2S/c1-8-9(4-3-5-10(8)11)6-7-14(2,12)13/h3-5H,1-2H3. The van der Waals surface area contributed by atoms with E-state index in [0.29, 0.717) is 0 Å². The van der Waals surface area contributed by atoms with Gasteiger partial charge in [0, 0.05) is 14.4 Å². The lowest BCUT2D eigenvalue weighted by Crippen LogP contribution is -1.91. The van der Waals surface area contributed by atoms with E-state index in [1.807, 2.05) is 25.1 Å². The first-order chi connectivity index (χ1) is 6.40. The molecule has 74 valence electrons. The Morgan fingerprint density at radius 1 is 1.36 bits per heavy atom. The van der Waals surface area contributed by atoms with Crippen molar-refractivity contribution in [1.82, 2.24) is 0 Å². The first kappa shape index (κ1) is 11.5. The molecule has 1 aromatic rings. The molecule has 4 heteroatoms. The fourth-order valence-corrected chi connectivity index (χ4v) is 1.68. The van der Waals surface area contributed by atoms with Gasteiger partial charge in [0.05, 0.1) is 6.26 Å². The molecule has 0 radical (unpaired) electrons. The average molecular weight is 320 g/mol. The smallest absolute Gasteiger partial charge is 0.214 e. The van der Waals surface area contributed by atoms with E-state index in [-0.39, 0.29) is 0 Å². The molecule has 2 nitrogen and oxygen atoms in total. The van der Waals surface area contributed by atoms with Crippen molar-refractivity contribution in [3.05, 3.63) is 32.9 Å². The topological polar surface area (TPSA) is 34.1 Å². The minimum Gasteiger partial charge on any atom is -0.216 e. The van der Waals surface area contributed by atoms with Crippen LogP contribution in [0.2, 0.25) is 0 Å². The summed E-state index contributed by atoms with van der Waals surface area (Å²) >= 11 is 2.19. The fraction of sp³-hybridized carbons (Fsp3) is 0.200. The molecular weight excluding hydrogens is 311 g/mol. The van der Waals surface area contributed by atoms with Gasteiger partial charge < -0.3 is 0 Å². The van der Waals surface area contributed by atoms with E-state index in [2.05, 4.69) is 33.8 Å². The number of benzene rings is 1. The first-order valence-corrected chi connectivity index (χ1v) is 6.85. The van der Waals surface area contributed by atoms with Crippen LogP contribution in [0.1, 0.15) is 11.1 Å². The van der Waals surface area contributed by atoms with Crippen molar-refractivity contribution in [2.75, 3.05) is 6.26 Å². The lowest BCUT2D eigenvalue weighted by molar-refractivity contribution is 0.611. The second-order valence-electron chi connectivity index (χ2n) is 2.91. The zero-order valence-corrected chi connectivity index (χ0v) is 10.8. The van der Waals surface area contributed by atoms with Crippen molar-refractivity contribution in [3.8, 4) is 11.2 Å². The fourth-order valence-electron chi connectivity index (χ4n) is 0.891. The highest BCUT2D eigenvalue weighted by Crippen LogP contribution is 2.14. The van der Waals surface area contributed by atoms with Gasteiger partial charge in [-0.3, -0.25) is 0 Å². The highest BCUT2D eigenvalue weighted by molar-refractivity contribution is 14.1. The van der Waals surface area contributed by atoms with Crippen LogP contribution in [0.3, 0.4) is 0 Å². The van der Waals surface area contributed by atoms with Gasteiger partial charge in [0.2, 0.25) is 9.84 Å². The first-order valence-electron chi connectivity index (χ1n) is 3.88. The maximum atomic E-state index is 10.8. The molecule has 14 heavy (non-hydrogen) atoms. The van der Waals surface area contributed by atoms with Crippen molar-refractivity contribution in [1.29, 1.82) is 0 Å². The molecule has 0 heterocycles. The number of rotatable bonds is 0. The zero-order chi connectivity index (χ0) is 10.8. The van der Waals surface area contributed by atoms with Gasteiger partial charge in [0.1, 0.15) is 0 Å². The Kier molecular flexibility index (Phi) is 3.56. The molecule has 0 aliphatic rings. The summed E-state index contributed by atoms with van der Waals surface area (Å²) in [6.07, 6.45) is 1.10. The largest absolute Gasteiger partial charge is 0.216 e. The number of hydrogen-bond acceptors (Lipinski definition) is 2. The normalized spacial score (nSPS) is 10.5. The third-order valence-corrected chi connectivity index (χ3v) is 3.28. The maximum Gasteiger partial charge on any atom is 0.214 e. The lowest BCUT2D eigenvalue weighted by atomic mass is 10.1. The van der Waals surface area contributed by atoms with Crippen LogP contribution in [0.15, 0.2) is 18.2 Å². The molecule has 0 aliphatic heterocycles. The number of hydrogen-bond donors (Lipinski definition) is 0. The van der Waals surface area contributed by atoms with Crippen molar-refractivity contribution < 1.29 is 8.42 Å². The summed E-state index contributed by atoms with van der Waals surface area (Å²) in [7, 11) is -3.22. The Morgan fingerprint density at radius 3 is 2.57 bits per heavy atom. The van der Waals surface area contributed by atoms with Crippen LogP contribution in [0, 0.1) is 21.7 Å². The lowest BCUT2D eigenvalue weighted by Gasteiger charge is -1.99. The molecular formula is C10H9IO2S. The second-order valence-corrected chi connectivity index (χ2v) is 5.82. The quantitative estimate of drug-likeness (QED) is 0.541. The maximum absolute atomic E-state index is 10.8. The van der Waals surface area contributed by atoms with Crippen molar-refractivity contribution in [2.24, 2.45) is 0 Å². The minimum absolute atomic E-state index is 0.766. The van der Waals surface area contributed by atoms with Crippen LogP contribution in [-0.4, -0.2) is 14.7 Å². The van der Waals surface area contributed by atoms with Gasteiger partial charge in [0.25, 0.3) is 0 Å². The third kappa shape index (κ3) is 3.31. The SMILES string of the molecule is Cc1c(I)cccc1C#CS(C)(=O)=O. The number of halogens is 1. The van der Waals surface area contributed by atoms with E-state index in [9.17, 15) is 8.42 Å². The Balaban J connectivity index is 3.21. The molecule has 0 aliphatic carbocycles. The predicted molar refractivity (Wildman–Crippen MR) is 65.6 cm³/mol. The van der Waals surface area contributed by atoms with E-state index in [4.69, 9.17) is 0 Å². The molecule has 0 fully saturated rings. The molecule has 0 bridgehead atoms. The van der Waals surface area contributed by atoms with Crippen molar-refractivity contribution >= 4 is 32.4 Å². The Labute approximate surface area is 97.8 Å². The summed E-state index contributed by atoms with van der Waals surface area (Å²) in [4.78, 5) is 0. The summed E-state index contributed by atoms with van der Waals surface area (Å²) < 4.78 is 22.7. The summed E-state index contributed by atoms with van der Waals surface area (Å²) in [5, 5.41) is 2.23. The molecule has 0 N–H and O–H groups in total. The average Bonchev–Trinajstić information content (AvgIpc) is 2.06. The van der Waals surface area contributed by atoms with Crippen LogP contribution >= 0.6 is 22.6 Å². The van der Waals surface area contributed by atoms with E-state index < -0.39 is 9.84 Å². The highest BCUT2D eigenvalue weighted by atomic mass is 127. The molecule has 0 atom stereocenters. The van der Waals surface area contributed by atoms with Gasteiger partial charge in [0.15, 0.2) is 0 Å². The van der Waals surface area contributed by atoms with E-state index in [1.165, 1.54) is 0 Å². The number of sulfone groups is 1. The molecule has 1 aromatic carbocycles. The van der Waals surface area contributed by atoms with Gasteiger partial charge in [-0.25, -0.2) is 8.42 Å². The van der Waals surface area contributed by atoms with Gasteiger partial charge in [-0.15, -0.1) is 0 Å². The van der Waals surface area contributed by atoms with Crippen LogP contribution < -0.4 is 0 Å². The summed E-state index contributed by atoms with van der Waals surface area (Å²) in [5.41, 5.74) is 1.78. The molecule has 0 saturated carbocycles. The highest BCUT2D eigenvalue weighted by Gasteiger charge is 1.99. The van der Waals surface area contributed by atoms with Gasteiger partial charge in [-0.2, -0.15) is 0 Å². The summed E-state index contributed by atoms with van der Waals surface area (Å²) in [6.45, 7) is 1.92. The molecule has 0 unspecified atom stereocenters. The Bertz CT molecular complexity index is 507. The van der Waals surface area contributed by atoms with Crippen LogP contribution in [0.5, 0.6) is 0 Å². The monoisotopic (exact) mass is 320 g/mol. The van der Waals surface area contributed by atoms with E-state index >= 15 is 0 Å². The third-order valence-electron chi connectivity index (χ3n) is 1.64. The molecule has 0 amide bonds. The Hall–Kier alpha value is -0.540. The van der Waals surface area contributed by atoms with Gasteiger partial charge >= 0.3 is 0 Å².